The molecule has 0 radical (unpaired) electrons. The molecule has 0 spiro atoms. The number of alkyl carbamates (subject to hydrolysis) is 1. The van der Waals surface area contributed by atoms with Crippen LogP contribution in [0.3, 0.4) is 0 Å². The molecule has 0 fully saturated rings. The van der Waals surface area contributed by atoms with Gasteiger partial charge in [0.25, 0.3) is 0 Å². The molecule has 0 heterocycles. The normalized spacial score (nSPS) is 13.3. The van der Waals surface area contributed by atoms with Crippen molar-refractivity contribution in [3.05, 3.63) is 35.9 Å². The molecule has 6 heteroatoms. The first-order valence-corrected chi connectivity index (χ1v) is 8.28. The van der Waals surface area contributed by atoms with Gasteiger partial charge in [-0.05, 0) is 26.3 Å². The van der Waals surface area contributed by atoms with Crippen molar-refractivity contribution < 1.29 is 19.1 Å². The second-order valence-corrected chi connectivity index (χ2v) is 7.13. The lowest BCUT2D eigenvalue weighted by Crippen LogP contribution is -2.48. The average molecular weight is 429 g/mol. The molecule has 0 bridgehead atoms. The smallest absolute Gasteiger partial charge is 0.408 e. The van der Waals surface area contributed by atoms with E-state index in [0.29, 0.717) is 0 Å². The summed E-state index contributed by atoms with van der Waals surface area (Å²) in [7, 11) is 0. The van der Waals surface area contributed by atoms with Gasteiger partial charge in [-0.1, -0.05) is 58.8 Å². The predicted octanol–water partition coefficient (Wildman–Crippen LogP) is 3.06. The molecular formula is C17H20INO4. The molecule has 0 aromatic heterocycles. The molecule has 0 saturated heterocycles. The lowest BCUT2D eigenvalue weighted by molar-refractivity contribution is -0.147. The predicted molar refractivity (Wildman–Crippen MR) is 96.0 cm³/mol. The number of hydrogen-bond acceptors (Lipinski definition) is 4. The Hall–Kier alpha value is -1.75. The maximum absolute atomic E-state index is 12.2. The number of benzene rings is 1. The molecule has 1 rings (SSSR count). The minimum atomic E-state index is -0.973. The first-order valence-electron chi connectivity index (χ1n) is 7.03. The zero-order chi connectivity index (χ0) is 17.5. The molecule has 124 valence electrons. The summed E-state index contributed by atoms with van der Waals surface area (Å²) in [6, 6.07) is 8.28. The Labute approximate surface area is 150 Å². The van der Waals surface area contributed by atoms with Crippen molar-refractivity contribution >= 4 is 34.7 Å². The van der Waals surface area contributed by atoms with Gasteiger partial charge in [0.15, 0.2) is 6.04 Å². The van der Waals surface area contributed by atoms with Crippen LogP contribution in [-0.4, -0.2) is 27.6 Å². The summed E-state index contributed by atoms with van der Waals surface area (Å²) in [5.74, 6) is 1.83. The molecule has 0 saturated carbocycles. The molecule has 23 heavy (non-hydrogen) atoms. The van der Waals surface area contributed by atoms with Gasteiger partial charge < -0.3 is 14.8 Å². The van der Waals surface area contributed by atoms with Crippen LogP contribution in [0.5, 0.6) is 0 Å². The van der Waals surface area contributed by atoms with Crippen LogP contribution in [0.2, 0.25) is 0 Å². The zero-order valence-corrected chi connectivity index (χ0v) is 15.5. The molecule has 1 aromatic rings. The Bertz CT molecular complexity index is 574. The van der Waals surface area contributed by atoms with Crippen LogP contribution in [0.25, 0.3) is 0 Å². The lowest BCUT2D eigenvalue weighted by Gasteiger charge is -2.23. The van der Waals surface area contributed by atoms with Gasteiger partial charge in [-0.3, -0.25) is 0 Å². The Morgan fingerprint density at radius 2 is 1.91 bits per heavy atom. The van der Waals surface area contributed by atoms with Crippen molar-refractivity contribution in [3.8, 4) is 12.3 Å². The minimum absolute atomic E-state index is 0.111. The SMILES string of the molecule is C#CC(I)C(NC(=O)OC(C)(C)C)C(=O)OCc1ccccc1. The molecule has 1 N–H and O–H groups in total. The van der Waals surface area contributed by atoms with Gasteiger partial charge in [-0.15, -0.1) is 6.42 Å². The fourth-order valence-electron chi connectivity index (χ4n) is 1.60. The van der Waals surface area contributed by atoms with E-state index in [1.165, 1.54) is 0 Å². The van der Waals surface area contributed by atoms with Crippen molar-refractivity contribution in [3.63, 3.8) is 0 Å². The van der Waals surface area contributed by atoms with E-state index in [1.807, 2.05) is 52.9 Å². The molecule has 2 atom stereocenters. The van der Waals surface area contributed by atoms with Crippen molar-refractivity contribution in [1.82, 2.24) is 5.32 Å². The highest BCUT2D eigenvalue weighted by Gasteiger charge is 2.30. The number of hydrogen-bond donors (Lipinski definition) is 1. The number of nitrogens with one attached hydrogen (secondary N) is 1. The van der Waals surface area contributed by atoms with Crippen LogP contribution in [-0.2, 0) is 20.9 Å². The molecule has 0 aliphatic carbocycles. The van der Waals surface area contributed by atoms with E-state index in [1.54, 1.807) is 20.8 Å². The van der Waals surface area contributed by atoms with Crippen LogP contribution >= 0.6 is 22.6 Å². The van der Waals surface area contributed by atoms with E-state index in [4.69, 9.17) is 15.9 Å². The highest BCUT2D eigenvalue weighted by Crippen LogP contribution is 2.12. The number of carbonyl (C=O) groups is 2. The maximum atomic E-state index is 12.2. The zero-order valence-electron chi connectivity index (χ0n) is 13.3. The van der Waals surface area contributed by atoms with E-state index < -0.39 is 27.6 Å². The summed E-state index contributed by atoms with van der Waals surface area (Å²) in [5, 5.41) is 2.47. The Morgan fingerprint density at radius 3 is 2.43 bits per heavy atom. The number of esters is 1. The van der Waals surface area contributed by atoms with Gasteiger partial charge in [0.1, 0.15) is 16.1 Å². The van der Waals surface area contributed by atoms with E-state index in [9.17, 15) is 9.59 Å². The van der Waals surface area contributed by atoms with Gasteiger partial charge in [-0.2, -0.15) is 0 Å². The Balaban J connectivity index is 2.68. The summed E-state index contributed by atoms with van der Waals surface area (Å²) in [5.41, 5.74) is 0.182. The summed E-state index contributed by atoms with van der Waals surface area (Å²) < 4.78 is 9.83. The molecule has 1 amide bonds. The third-order valence-electron chi connectivity index (χ3n) is 2.60. The fraction of sp³-hybridized carbons (Fsp3) is 0.412. The third-order valence-corrected chi connectivity index (χ3v) is 3.68. The van der Waals surface area contributed by atoms with Crippen LogP contribution in [0.15, 0.2) is 30.3 Å². The molecule has 0 aliphatic heterocycles. The van der Waals surface area contributed by atoms with Gasteiger partial charge in [0.2, 0.25) is 0 Å². The average Bonchev–Trinajstić information content (AvgIpc) is 2.49. The van der Waals surface area contributed by atoms with Gasteiger partial charge >= 0.3 is 12.1 Å². The third kappa shape index (κ3) is 7.37. The summed E-state index contributed by atoms with van der Waals surface area (Å²) in [6.07, 6.45) is 4.65. The van der Waals surface area contributed by atoms with Crippen molar-refractivity contribution in [2.24, 2.45) is 0 Å². The van der Waals surface area contributed by atoms with E-state index >= 15 is 0 Å². The molecular weight excluding hydrogens is 409 g/mol. The largest absolute Gasteiger partial charge is 0.459 e. The highest BCUT2D eigenvalue weighted by molar-refractivity contribution is 14.1. The second kappa shape index (κ2) is 8.77. The first-order chi connectivity index (χ1) is 10.7. The van der Waals surface area contributed by atoms with Crippen LogP contribution in [0.4, 0.5) is 4.79 Å². The quantitative estimate of drug-likeness (QED) is 0.338. The monoisotopic (exact) mass is 429 g/mol. The van der Waals surface area contributed by atoms with Crippen LogP contribution in [0.1, 0.15) is 26.3 Å². The Kier molecular flexibility index (Phi) is 7.36. The maximum Gasteiger partial charge on any atom is 0.408 e. The van der Waals surface area contributed by atoms with E-state index in [2.05, 4.69) is 11.2 Å². The number of halogens is 1. The van der Waals surface area contributed by atoms with E-state index in [-0.39, 0.29) is 6.61 Å². The number of carbonyl (C=O) groups excluding carboxylic acids is 2. The van der Waals surface area contributed by atoms with Crippen LogP contribution in [0, 0.1) is 12.3 Å². The van der Waals surface area contributed by atoms with Crippen molar-refractivity contribution in [2.75, 3.05) is 0 Å². The highest BCUT2D eigenvalue weighted by atomic mass is 127. The Morgan fingerprint density at radius 1 is 1.30 bits per heavy atom. The minimum Gasteiger partial charge on any atom is -0.459 e. The summed E-state index contributed by atoms with van der Waals surface area (Å²) in [4.78, 5) is 24.1. The fourth-order valence-corrected chi connectivity index (χ4v) is 2.07. The molecule has 1 aromatic carbocycles. The number of amides is 1. The topological polar surface area (TPSA) is 64.6 Å². The van der Waals surface area contributed by atoms with Crippen molar-refractivity contribution in [1.29, 1.82) is 0 Å². The second-order valence-electron chi connectivity index (χ2n) is 5.79. The standard InChI is InChI=1S/C17H20INO4/c1-5-13(18)14(19-16(21)23-17(2,3)4)15(20)22-11-12-9-7-6-8-10-12/h1,6-10,13-14H,11H2,2-4H3,(H,19,21). The molecule has 2 unspecified atom stereocenters. The molecule has 5 nitrogen and oxygen atoms in total. The van der Waals surface area contributed by atoms with Gasteiger partial charge in [0, 0.05) is 0 Å². The molecule has 0 aliphatic rings. The number of terminal acetylenes is 1. The number of rotatable bonds is 5. The van der Waals surface area contributed by atoms with Crippen LogP contribution < -0.4 is 5.32 Å². The van der Waals surface area contributed by atoms with E-state index in [0.717, 1.165) is 5.56 Å². The van der Waals surface area contributed by atoms with Crippen molar-refractivity contribution in [2.45, 2.75) is 42.9 Å². The summed E-state index contributed by atoms with van der Waals surface area (Å²) in [6.45, 7) is 5.31. The lowest BCUT2D eigenvalue weighted by atomic mass is 10.2. The van der Waals surface area contributed by atoms with Gasteiger partial charge in [-0.25, -0.2) is 9.59 Å². The van der Waals surface area contributed by atoms with Gasteiger partial charge in [0.05, 0.1) is 0 Å². The number of alkyl halides is 1. The summed E-state index contributed by atoms with van der Waals surface area (Å²) >= 11 is 1.90. The number of ether oxygens (including phenoxy) is 2. The first kappa shape index (κ1) is 19.3.